The lowest BCUT2D eigenvalue weighted by Gasteiger charge is -2.20. The predicted molar refractivity (Wildman–Crippen MR) is 116 cm³/mol. The van der Waals surface area contributed by atoms with Gasteiger partial charge >= 0.3 is 0 Å². The Hall–Kier alpha value is -4.01. The van der Waals surface area contributed by atoms with Crippen molar-refractivity contribution in [2.75, 3.05) is 10.3 Å². The van der Waals surface area contributed by atoms with E-state index in [0.29, 0.717) is 23.1 Å². The molecule has 2 aromatic carbocycles. The number of anilines is 2. The molecule has 2 heterocycles. The molecule has 3 aromatic rings. The Morgan fingerprint density at radius 2 is 1.81 bits per heavy atom. The van der Waals surface area contributed by atoms with Crippen LogP contribution in [0.1, 0.15) is 31.0 Å². The zero-order valence-corrected chi connectivity index (χ0v) is 16.7. The summed E-state index contributed by atoms with van der Waals surface area (Å²) in [6.07, 6.45) is 2.46. The lowest BCUT2D eigenvalue weighted by molar-refractivity contribution is -0.119. The van der Waals surface area contributed by atoms with Gasteiger partial charge in [0.15, 0.2) is 5.82 Å². The van der Waals surface area contributed by atoms with Gasteiger partial charge < -0.3 is 11.1 Å². The van der Waals surface area contributed by atoms with Crippen LogP contribution in [0, 0.1) is 0 Å². The monoisotopic (exact) mass is 415 g/mol. The zero-order valence-electron chi connectivity index (χ0n) is 16.7. The van der Waals surface area contributed by atoms with E-state index in [1.807, 2.05) is 42.5 Å². The van der Waals surface area contributed by atoms with E-state index in [4.69, 9.17) is 5.73 Å². The van der Waals surface area contributed by atoms with Crippen LogP contribution in [0.4, 0.5) is 11.4 Å². The molecule has 1 fully saturated rings. The molecule has 9 heteroatoms. The highest BCUT2D eigenvalue weighted by Gasteiger charge is 2.35. The molecule has 2 aliphatic rings. The van der Waals surface area contributed by atoms with Gasteiger partial charge in [0.25, 0.3) is 5.91 Å². The predicted octanol–water partition coefficient (Wildman–Crippen LogP) is 2.41. The van der Waals surface area contributed by atoms with Crippen LogP contribution in [0.3, 0.4) is 0 Å². The molecule has 9 nitrogen and oxygen atoms in total. The van der Waals surface area contributed by atoms with Crippen LogP contribution in [0.15, 0.2) is 59.7 Å². The molecule has 1 aliphatic heterocycles. The SMILES string of the molecule is NC(=O)C1CC(C(=O)Nc2ccc(-c3n[nH]c(C4CC4)n3)cc2)=NN1c1ccccc1. The molecule has 2 amide bonds. The van der Waals surface area contributed by atoms with Crippen molar-refractivity contribution in [3.05, 3.63) is 60.4 Å². The molecule has 1 saturated carbocycles. The first-order valence-corrected chi connectivity index (χ1v) is 10.1. The van der Waals surface area contributed by atoms with Gasteiger partial charge in [0.1, 0.15) is 17.6 Å². The number of aromatic amines is 1. The molecule has 5 rings (SSSR count). The van der Waals surface area contributed by atoms with Crippen LogP contribution in [-0.4, -0.2) is 38.7 Å². The van der Waals surface area contributed by atoms with Gasteiger partial charge in [-0.05, 0) is 49.2 Å². The van der Waals surface area contributed by atoms with Crippen LogP contribution in [-0.2, 0) is 9.59 Å². The summed E-state index contributed by atoms with van der Waals surface area (Å²) in [5, 5.41) is 16.0. The number of nitrogens with two attached hydrogens (primary N) is 1. The molecule has 1 unspecified atom stereocenters. The van der Waals surface area contributed by atoms with Gasteiger partial charge in [0.05, 0.1) is 5.69 Å². The standard InChI is InChI=1S/C22H21N7O2/c23-19(30)18-12-17(28-29(18)16-4-2-1-3-5-16)22(31)24-15-10-8-14(9-11-15)21-25-20(26-27-21)13-6-7-13/h1-5,8-11,13,18H,6-7,12H2,(H2,23,30)(H,24,31)(H,25,26,27). The number of benzene rings is 2. The summed E-state index contributed by atoms with van der Waals surface area (Å²) < 4.78 is 0. The van der Waals surface area contributed by atoms with Crippen LogP contribution in [0.5, 0.6) is 0 Å². The molecular weight excluding hydrogens is 394 g/mol. The van der Waals surface area contributed by atoms with E-state index >= 15 is 0 Å². The molecule has 1 aromatic heterocycles. The fraction of sp³-hybridized carbons (Fsp3) is 0.227. The molecule has 1 atom stereocenters. The van der Waals surface area contributed by atoms with Crippen LogP contribution < -0.4 is 16.1 Å². The molecular formula is C22H21N7O2. The van der Waals surface area contributed by atoms with Gasteiger partial charge in [-0.3, -0.25) is 19.7 Å². The number of aromatic nitrogens is 3. The number of carbonyl (C=O) groups is 2. The smallest absolute Gasteiger partial charge is 0.271 e. The summed E-state index contributed by atoms with van der Waals surface area (Å²) in [4.78, 5) is 29.2. The highest BCUT2D eigenvalue weighted by molar-refractivity contribution is 6.44. The molecule has 0 saturated heterocycles. The number of hydrazone groups is 1. The number of nitrogens with zero attached hydrogens (tertiary/aromatic N) is 4. The third kappa shape index (κ3) is 3.89. The minimum Gasteiger partial charge on any atom is -0.368 e. The number of para-hydroxylation sites is 1. The average molecular weight is 415 g/mol. The molecule has 4 N–H and O–H groups in total. The zero-order chi connectivity index (χ0) is 21.4. The molecule has 0 radical (unpaired) electrons. The number of amides is 2. The maximum Gasteiger partial charge on any atom is 0.271 e. The van der Waals surface area contributed by atoms with Crippen LogP contribution in [0.25, 0.3) is 11.4 Å². The Labute approximate surface area is 178 Å². The normalized spacial score (nSPS) is 18.0. The fourth-order valence-electron chi connectivity index (χ4n) is 3.54. The van der Waals surface area contributed by atoms with Crippen LogP contribution >= 0.6 is 0 Å². The van der Waals surface area contributed by atoms with E-state index in [1.54, 1.807) is 12.1 Å². The number of carbonyl (C=O) groups excluding carboxylic acids is 2. The van der Waals surface area contributed by atoms with Crippen molar-refractivity contribution in [2.45, 2.75) is 31.2 Å². The van der Waals surface area contributed by atoms with E-state index in [9.17, 15) is 9.59 Å². The van der Waals surface area contributed by atoms with Gasteiger partial charge in [0, 0.05) is 23.6 Å². The highest BCUT2D eigenvalue weighted by Crippen LogP contribution is 2.38. The highest BCUT2D eigenvalue weighted by atomic mass is 16.2. The van der Waals surface area contributed by atoms with Crippen molar-refractivity contribution < 1.29 is 9.59 Å². The van der Waals surface area contributed by atoms with Gasteiger partial charge in [0.2, 0.25) is 5.91 Å². The van der Waals surface area contributed by atoms with Gasteiger partial charge in [-0.2, -0.15) is 10.2 Å². The maximum atomic E-state index is 12.7. The van der Waals surface area contributed by atoms with Crippen molar-refractivity contribution in [3.63, 3.8) is 0 Å². The van der Waals surface area contributed by atoms with E-state index < -0.39 is 11.9 Å². The number of H-pyrrole nitrogens is 1. The van der Waals surface area contributed by atoms with Crippen molar-refractivity contribution >= 4 is 28.9 Å². The Bertz CT molecular complexity index is 1150. The topological polar surface area (TPSA) is 129 Å². The fourth-order valence-corrected chi connectivity index (χ4v) is 3.54. The molecule has 0 spiro atoms. The summed E-state index contributed by atoms with van der Waals surface area (Å²) in [5.41, 5.74) is 7.97. The number of hydrogen-bond donors (Lipinski definition) is 3. The molecule has 1 aliphatic carbocycles. The molecule has 31 heavy (non-hydrogen) atoms. The van der Waals surface area contributed by atoms with Gasteiger partial charge in [-0.15, -0.1) is 0 Å². The van der Waals surface area contributed by atoms with Gasteiger partial charge in [-0.25, -0.2) is 4.98 Å². The van der Waals surface area contributed by atoms with E-state index in [0.717, 1.165) is 24.2 Å². The Kier molecular flexibility index (Phi) is 4.70. The lowest BCUT2D eigenvalue weighted by Crippen LogP contribution is -2.39. The van der Waals surface area contributed by atoms with Crippen molar-refractivity contribution in [2.24, 2.45) is 10.8 Å². The first-order valence-electron chi connectivity index (χ1n) is 10.1. The number of primary amides is 1. The second kappa shape index (κ2) is 7.67. The third-order valence-electron chi connectivity index (χ3n) is 5.39. The number of rotatable bonds is 6. The maximum absolute atomic E-state index is 12.7. The largest absolute Gasteiger partial charge is 0.368 e. The minimum atomic E-state index is -0.697. The summed E-state index contributed by atoms with van der Waals surface area (Å²) in [6.45, 7) is 0. The average Bonchev–Trinajstić information content (AvgIpc) is 3.34. The molecule has 0 bridgehead atoms. The summed E-state index contributed by atoms with van der Waals surface area (Å²) in [7, 11) is 0. The second-order valence-electron chi connectivity index (χ2n) is 7.70. The molecule has 156 valence electrons. The summed E-state index contributed by atoms with van der Waals surface area (Å²) in [5.74, 6) is 1.18. The van der Waals surface area contributed by atoms with E-state index in [1.165, 1.54) is 5.01 Å². The lowest BCUT2D eigenvalue weighted by atomic mass is 10.1. The Balaban J connectivity index is 1.29. The number of nitrogens with one attached hydrogen (secondary N) is 2. The third-order valence-corrected chi connectivity index (χ3v) is 5.39. The van der Waals surface area contributed by atoms with Crippen LogP contribution in [0.2, 0.25) is 0 Å². The second-order valence-corrected chi connectivity index (χ2v) is 7.70. The van der Waals surface area contributed by atoms with E-state index in [-0.39, 0.29) is 18.0 Å². The van der Waals surface area contributed by atoms with Crippen molar-refractivity contribution in [1.82, 2.24) is 15.2 Å². The van der Waals surface area contributed by atoms with E-state index in [2.05, 4.69) is 25.6 Å². The number of hydrogen-bond acceptors (Lipinski definition) is 6. The van der Waals surface area contributed by atoms with Crippen molar-refractivity contribution in [1.29, 1.82) is 0 Å². The summed E-state index contributed by atoms with van der Waals surface area (Å²) >= 11 is 0. The minimum absolute atomic E-state index is 0.148. The Morgan fingerprint density at radius 3 is 2.48 bits per heavy atom. The first-order chi connectivity index (χ1) is 15.1. The quantitative estimate of drug-likeness (QED) is 0.569. The van der Waals surface area contributed by atoms with Gasteiger partial charge in [-0.1, -0.05) is 18.2 Å². The Morgan fingerprint density at radius 1 is 1.06 bits per heavy atom. The van der Waals surface area contributed by atoms with Crippen molar-refractivity contribution in [3.8, 4) is 11.4 Å². The summed E-state index contributed by atoms with van der Waals surface area (Å²) in [6, 6.07) is 15.8. The first kappa shape index (κ1) is 19.0.